The zero-order chi connectivity index (χ0) is 26.9. The number of fused-ring (bicyclic) bond motifs is 1. The summed E-state index contributed by atoms with van der Waals surface area (Å²) in [5.74, 6) is -0.679. The average molecular weight is 507 g/mol. The van der Waals surface area contributed by atoms with Crippen molar-refractivity contribution in [3.63, 3.8) is 0 Å². The van der Waals surface area contributed by atoms with Crippen molar-refractivity contribution in [3.8, 4) is 11.5 Å². The number of likely N-dealkylation sites (N-methyl/N-ethyl adjacent to an activating group) is 1. The van der Waals surface area contributed by atoms with Crippen LogP contribution in [0.3, 0.4) is 0 Å². The van der Waals surface area contributed by atoms with Crippen LogP contribution in [-0.4, -0.2) is 43.3 Å². The Balaban J connectivity index is 1.47. The Morgan fingerprint density at radius 2 is 1.86 bits per heavy atom. The molecule has 1 atom stereocenters. The van der Waals surface area contributed by atoms with Gasteiger partial charge in [-0.25, -0.2) is 4.39 Å². The topological polar surface area (TPSA) is 88.1 Å². The number of carboxylic acid groups (broad SMARTS) is 1. The van der Waals surface area contributed by atoms with Gasteiger partial charge >= 0.3 is 5.97 Å². The molecule has 8 heteroatoms. The van der Waals surface area contributed by atoms with Crippen LogP contribution in [0, 0.1) is 19.7 Å². The van der Waals surface area contributed by atoms with E-state index < -0.39 is 23.1 Å². The van der Waals surface area contributed by atoms with E-state index in [4.69, 9.17) is 9.47 Å². The number of anilines is 2. The molecule has 0 unspecified atom stereocenters. The predicted molar refractivity (Wildman–Crippen MR) is 141 cm³/mol. The zero-order valence-electron chi connectivity index (χ0n) is 21.6. The van der Waals surface area contributed by atoms with E-state index >= 15 is 0 Å². The number of hydrogen-bond donors (Lipinski definition) is 2. The second-order valence-corrected chi connectivity index (χ2v) is 9.87. The quantitative estimate of drug-likeness (QED) is 0.450. The summed E-state index contributed by atoms with van der Waals surface area (Å²) in [7, 11) is 2.02. The molecule has 7 nitrogen and oxygen atoms in total. The van der Waals surface area contributed by atoms with Crippen LogP contribution in [0.25, 0.3) is 0 Å². The SMILES string of the molecule is Cc1c(OC[C@@H]2CN(C)c3ccccc3O2)ccc(C(=O)Nc2cc(F)cc(C(C)(C)C(=O)O)c2)c1C. The second-order valence-electron chi connectivity index (χ2n) is 9.87. The molecule has 1 heterocycles. The van der Waals surface area contributed by atoms with Crippen molar-refractivity contribution in [2.45, 2.75) is 39.2 Å². The number of nitrogens with zero attached hydrogens (tertiary/aromatic N) is 1. The van der Waals surface area contributed by atoms with Crippen molar-refractivity contribution in [1.82, 2.24) is 0 Å². The fraction of sp³-hybridized carbons (Fsp3) is 0.310. The van der Waals surface area contributed by atoms with E-state index in [1.54, 1.807) is 12.1 Å². The summed E-state index contributed by atoms with van der Waals surface area (Å²) in [6, 6.07) is 15.1. The molecule has 194 valence electrons. The molecule has 1 aliphatic rings. The Kier molecular flexibility index (Phi) is 7.12. The molecule has 0 aromatic heterocycles. The number of benzene rings is 3. The van der Waals surface area contributed by atoms with Crippen LogP contribution < -0.4 is 19.7 Å². The van der Waals surface area contributed by atoms with Gasteiger partial charge in [0.25, 0.3) is 5.91 Å². The van der Waals surface area contributed by atoms with Crippen LogP contribution >= 0.6 is 0 Å². The second kappa shape index (κ2) is 10.1. The van der Waals surface area contributed by atoms with Gasteiger partial charge in [0.1, 0.15) is 30.0 Å². The van der Waals surface area contributed by atoms with Crippen LogP contribution in [0.1, 0.15) is 40.9 Å². The van der Waals surface area contributed by atoms with Crippen molar-refractivity contribution in [1.29, 1.82) is 0 Å². The summed E-state index contributed by atoms with van der Waals surface area (Å²) in [6.45, 7) is 7.69. The molecule has 0 saturated carbocycles. The summed E-state index contributed by atoms with van der Waals surface area (Å²) >= 11 is 0. The number of nitrogens with one attached hydrogen (secondary N) is 1. The molecule has 4 rings (SSSR count). The number of carbonyl (C=O) groups is 2. The molecular formula is C29H31FN2O5. The van der Waals surface area contributed by atoms with Gasteiger partial charge in [0, 0.05) is 18.3 Å². The van der Waals surface area contributed by atoms with Gasteiger partial charge in [-0.2, -0.15) is 0 Å². The maximum absolute atomic E-state index is 14.2. The van der Waals surface area contributed by atoms with Crippen LogP contribution in [0.15, 0.2) is 54.6 Å². The van der Waals surface area contributed by atoms with E-state index in [-0.39, 0.29) is 17.4 Å². The smallest absolute Gasteiger partial charge is 0.313 e. The Morgan fingerprint density at radius 3 is 2.59 bits per heavy atom. The lowest BCUT2D eigenvalue weighted by molar-refractivity contribution is -0.142. The van der Waals surface area contributed by atoms with E-state index in [1.807, 2.05) is 45.2 Å². The molecule has 0 saturated heterocycles. The third kappa shape index (κ3) is 5.38. The number of halogens is 1. The van der Waals surface area contributed by atoms with Crippen LogP contribution in [0.2, 0.25) is 0 Å². The van der Waals surface area contributed by atoms with Gasteiger partial charge in [0.15, 0.2) is 0 Å². The first-order valence-electron chi connectivity index (χ1n) is 12.0. The molecule has 1 amide bonds. The first-order chi connectivity index (χ1) is 17.5. The molecule has 2 N–H and O–H groups in total. The standard InChI is InChI=1S/C29H31FN2O5/c1-17-18(2)25(36-16-22-15-32(5)24-8-6-7-9-26(24)37-22)11-10-23(17)27(33)31-21-13-19(12-20(30)14-21)29(3,4)28(34)35/h6-14,22H,15-16H2,1-5H3,(H,31,33)(H,34,35)/t22-/m0/s1. The van der Waals surface area contributed by atoms with Crippen LogP contribution in [0.5, 0.6) is 11.5 Å². The van der Waals surface area contributed by atoms with Gasteiger partial charge in [-0.05, 0) is 86.8 Å². The Morgan fingerprint density at radius 1 is 1.14 bits per heavy atom. The third-order valence-corrected chi connectivity index (χ3v) is 6.87. The van der Waals surface area contributed by atoms with Gasteiger partial charge in [-0.3, -0.25) is 9.59 Å². The summed E-state index contributed by atoms with van der Waals surface area (Å²) in [6.07, 6.45) is -0.153. The number of para-hydroxylation sites is 2. The maximum atomic E-state index is 14.2. The minimum Gasteiger partial charge on any atom is -0.489 e. The van der Waals surface area contributed by atoms with E-state index in [2.05, 4.69) is 10.2 Å². The average Bonchev–Trinajstić information content (AvgIpc) is 2.84. The van der Waals surface area contributed by atoms with Gasteiger partial charge in [-0.1, -0.05) is 12.1 Å². The van der Waals surface area contributed by atoms with Crippen LogP contribution in [0.4, 0.5) is 15.8 Å². The highest BCUT2D eigenvalue weighted by atomic mass is 19.1. The first kappa shape index (κ1) is 26.0. The van der Waals surface area contributed by atoms with Gasteiger partial charge in [-0.15, -0.1) is 0 Å². The number of aliphatic carboxylic acids is 1. The van der Waals surface area contributed by atoms with Crippen molar-refractivity contribution in [3.05, 3.63) is 82.7 Å². The Hall–Kier alpha value is -4.07. The lowest BCUT2D eigenvalue weighted by atomic mass is 9.84. The molecule has 0 aliphatic carbocycles. The fourth-order valence-corrected chi connectivity index (χ4v) is 4.30. The van der Waals surface area contributed by atoms with Gasteiger partial charge in [0.2, 0.25) is 0 Å². The Bertz CT molecular complexity index is 1350. The minimum atomic E-state index is -1.31. The molecule has 3 aromatic rings. The molecule has 3 aromatic carbocycles. The highest BCUT2D eigenvalue weighted by molar-refractivity contribution is 6.05. The number of carboxylic acids is 1. The molecule has 0 spiro atoms. The number of carbonyl (C=O) groups excluding carboxylic acids is 1. The monoisotopic (exact) mass is 506 g/mol. The van der Waals surface area contributed by atoms with Gasteiger partial charge < -0.3 is 24.8 Å². The first-order valence-corrected chi connectivity index (χ1v) is 12.0. The molecule has 1 aliphatic heterocycles. The van der Waals surface area contributed by atoms with Crippen molar-refractivity contribution in [2.24, 2.45) is 0 Å². The summed E-state index contributed by atoms with van der Waals surface area (Å²) in [5.41, 5.74) is 2.12. The van der Waals surface area contributed by atoms with E-state index in [1.165, 1.54) is 26.0 Å². The maximum Gasteiger partial charge on any atom is 0.313 e. The number of ether oxygens (including phenoxy) is 2. The minimum absolute atomic E-state index is 0.153. The normalized spacial score (nSPS) is 15.0. The largest absolute Gasteiger partial charge is 0.489 e. The lowest BCUT2D eigenvalue weighted by Gasteiger charge is -2.33. The highest BCUT2D eigenvalue weighted by Gasteiger charge is 2.30. The summed E-state index contributed by atoms with van der Waals surface area (Å²) < 4.78 is 26.4. The zero-order valence-corrected chi connectivity index (χ0v) is 21.6. The number of rotatable bonds is 7. The number of hydrogen-bond acceptors (Lipinski definition) is 5. The molecule has 0 bridgehead atoms. The molecular weight excluding hydrogens is 475 g/mol. The molecule has 0 fully saturated rings. The van der Waals surface area contributed by atoms with Crippen molar-refractivity contribution in [2.75, 3.05) is 30.4 Å². The fourth-order valence-electron chi connectivity index (χ4n) is 4.30. The van der Waals surface area contributed by atoms with E-state index in [9.17, 15) is 19.1 Å². The van der Waals surface area contributed by atoms with Crippen LogP contribution in [-0.2, 0) is 10.2 Å². The van der Waals surface area contributed by atoms with E-state index in [0.29, 0.717) is 24.5 Å². The molecule has 0 radical (unpaired) electrons. The van der Waals surface area contributed by atoms with E-state index in [0.717, 1.165) is 28.6 Å². The number of amides is 1. The van der Waals surface area contributed by atoms with Crippen molar-refractivity contribution < 1.29 is 28.6 Å². The molecule has 37 heavy (non-hydrogen) atoms. The van der Waals surface area contributed by atoms with Crippen molar-refractivity contribution >= 4 is 23.3 Å². The van der Waals surface area contributed by atoms with Gasteiger partial charge in [0.05, 0.1) is 17.6 Å². The lowest BCUT2D eigenvalue weighted by Crippen LogP contribution is -2.41. The Labute approximate surface area is 215 Å². The summed E-state index contributed by atoms with van der Waals surface area (Å²) in [4.78, 5) is 26.8. The summed E-state index contributed by atoms with van der Waals surface area (Å²) in [5, 5.41) is 12.2. The predicted octanol–water partition coefficient (Wildman–Crippen LogP) is 5.33. The third-order valence-electron chi connectivity index (χ3n) is 6.87. The highest BCUT2D eigenvalue weighted by Crippen LogP contribution is 2.33.